The third-order valence-corrected chi connectivity index (χ3v) is 8.27. The van der Waals surface area contributed by atoms with Crippen molar-refractivity contribution in [1.29, 1.82) is 0 Å². The van der Waals surface area contributed by atoms with E-state index in [9.17, 15) is 18.0 Å². The number of anilines is 2. The average Bonchev–Trinajstić information content (AvgIpc) is 2.89. The van der Waals surface area contributed by atoms with Gasteiger partial charge in [0.2, 0.25) is 15.9 Å². The van der Waals surface area contributed by atoms with Gasteiger partial charge in [0.05, 0.1) is 5.69 Å². The smallest absolute Gasteiger partial charge is 0.255 e. The Kier molecular flexibility index (Phi) is 8.16. The molecular weight excluding hydrogens is 512 g/mol. The monoisotopic (exact) mass is 540 g/mol. The molecule has 3 aromatic rings. The van der Waals surface area contributed by atoms with Gasteiger partial charge in [-0.2, -0.15) is 0 Å². The summed E-state index contributed by atoms with van der Waals surface area (Å²) in [5.41, 5.74) is 7.47. The van der Waals surface area contributed by atoms with E-state index in [0.717, 1.165) is 5.56 Å². The van der Waals surface area contributed by atoms with E-state index in [1.165, 1.54) is 12.1 Å². The molecule has 194 valence electrons. The summed E-state index contributed by atoms with van der Waals surface area (Å²) >= 11 is 6.01. The quantitative estimate of drug-likeness (QED) is 0.392. The van der Waals surface area contributed by atoms with Gasteiger partial charge in [-0.15, -0.1) is 0 Å². The molecule has 10 heteroatoms. The summed E-state index contributed by atoms with van der Waals surface area (Å²) in [4.78, 5) is 26.4. The molecule has 1 saturated heterocycles. The van der Waals surface area contributed by atoms with E-state index < -0.39 is 22.0 Å². The lowest BCUT2D eigenvalue weighted by Crippen LogP contribution is -2.39. The predicted octanol–water partition coefficient (Wildman–Crippen LogP) is 4.33. The summed E-state index contributed by atoms with van der Waals surface area (Å²) in [6.45, 7) is 2.74. The number of carbonyl (C=O) groups is 2. The van der Waals surface area contributed by atoms with E-state index in [4.69, 9.17) is 17.3 Å². The number of piperidine rings is 1. The zero-order valence-corrected chi connectivity index (χ0v) is 21.9. The number of nitrogens with two attached hydrogens (primary N) is 1. The lowest BCUT2D eigenvalue weighted by molar-refractivity contribution is -0.122. The van der Waals surface area contributed by atoms with Gasteiger partial charge in [-0.1, -0.05) is 48.0 Å². The second kappa shape index (κ2) is 11.3. The Morgan fingerprint density at radius 3 is 2.35 bits per heavy atom. The van der Waals surface area contributed by atoms with Crippen molar-refractivity contribution in [2.45, 2.75) is 30.7 Å². The van der Waals surface area contributed by atoms with Gasteiger partial charge in [0.25, 0.3) is 5.91 Å². The number of carbonyl (C=O) groups excluding carboxylic acids is 2. The van der Waals surface area contributed by atoms with Gasteiger partial charge in [-0.05, 0) is 61.7 Å². The normalized spacial score (nSPS) is 15.2. The molecule has 0 saturated carbocycles. The summed E-state index contributed by atoms with van der Waals surface area (Å²) < 4.78 is 30.1. The highest BCUT2D eigenvalue weighted by Crippen LogP contribution is 2.33. The van der Waals surface area contributed by atoms with E-state index >= 15 is 0 Å². The van der Waals surface area contributed by atoms with Crippen LogP contribution in [0.5, 0.6) is 0 Å². The first-order valence-corrected chi connectivity index (χ1v) is 13.8. The molecule has 1 aliphatic rings. The van der Waals surface area contributed by atoms with Crippen LogP contribution in [0, 0.1) is 5.92 Å². The highest BCUT2D eigenvalue weighted by atomic mass is 35.5. The van der Waals surface area contributed by atoms with Crippen LogP contribution in [0.2, 0.25) is 5.02 Å². The molecule has 0 aliphatic carbocycles. The fourth-order valence-electron chi connectivity index (χ4n) is 4.41. The van der Waals surface area contributed by atoms with Crippen LogP contribution in [0.3, 0.4) is 0 Å². The third kappa shape index (κ3) is 6.49. The fraction of sp³-hybridized carbons (Fsp3) is 0.259. The zero-order chi connectivity index (χ0) is 26.6. The van der Waals surface area contributed by atoms with Gasteiger partial charge in [-0.3, -0.25) is 9.59 Å². The molecule has 1 heterocycles. The number of amides is 2. The number of rotatable bonds is 8. The SMILES string of the molecule is C[C@@H](NS(=O)(=O)c1cc(NC(=O)c2cccc(Cl)c2)ccc1N1CCC(C(N)=O)CC1)c1ccccc1. The van der Waals surface area contributed by atoms with E-state index in [1.807, 2.05) is 35.2 Å². The molecule has 0 unspecified atom stereocenters. The molecule has 37 heavy (non-hydrogen) atoms. The van der Waals surface area contributed by atoms with Crippen molar-refractivity contribution < 1.29 is 18.0 Å². The standard InChI is InChI=1S/C27H29ClN4O4S/c1-18(19-6-3-2-4-7-19)31-37(35,36)25-17-23(30-27(34)21-8-5-9-22(28)16-21)10-11-24(25)32-14-12-20(13-15-32)26(29)33/h2-11,16-18,20,31H,12-15H2,1H3,(H2,29,33)(H,30,34)/t18-/m1/s1. The Morgan fingerprint density at radius 1 is 1.00 bits per heavy atom. The minimum Gasteiger partial charge on any atom is -0.370 e. The fourth-order valence-corrected chi connectivity index (χ4v) is 6.09. The molecule has 2 amide bonds. The van der Waals surface area contributed by atoms with Gasteiger partial charge in [0, 0.05) is 41.3 Å². The minimum absolute atomic E-state index is 0.0386. The third-order valence-electron chi connectivity index (χ3n) is 6.46. The molecule has 3 aromatic carbocycles. The number of benzene rings is 3. The number of nitrogens with zero attached hydrogens (tertiary/aromatic N) is 1. The maximum absolute atomic E-state index is 13.7. The largest absolute Gasteiger partial charge is 0.370 e. The predicted molar refractivity (Wildman–Crippen MR) is 145 cm³/mol. The van der Waals surface area contributed by atoms with E-state index in [-0.39, 0.29) is 16.7 Å². The van der Waals surface area contributed by atoms with Crippen LogP contribution in [0.1, 0.15) is 41.7 Å². The highest BCUT2D eigenvalue weighted by molar-refractivity contribution is 7.89. The zero-order valence-electron chi connectivity index (χ0n) is 20.4. The molecule has 1 atom stereocenters. The van der Waals surface area contributed by atoms with Crippen molar-refractivity contribution in [2.24, 2.45) is 11.7 Å². The van der Waals surface area contributed by atoms with Crippen LogP contribution < -0.4 is 20.7 Å². The number of primary amides is 1. The first-order chi connectivity index (χ1) is 17.6. The maximum Gasteiger partial charge on any atom is 0.255 e. The van der Waals surface area contributed by atoms with E-state index in [2.05, 4.69) is 10.0 Å². The van der Waals surface area contributed by atoms with E-state index in [1.54, 1.807) is 37.3 Å². The van der Waals surface area contributed by atoms with Crippen molar-refractivity contribution in [3.63, 3.8) is 0 Å². The summed E-state index contributed by atoms with van der Waals surface area (Å²) in [5.74, 6) is -0.986. The Balaban J connectivity index is 1.66. The van der Waals surface area contributed by atoms with Crippen molar-refractivity contribution in [2.75, 3.05) is 23.3 Å². The number of hydrogen-bond acceptors (Lipinski definition) is 5. The van der Waals surface area contributed by atoms with Crippen LogP contribution in [0.25, 0.3) is 0 Å². The van der Waals surface area contributed by atoms with Crippen molar-refractivity contribution in [3.05, 3.63) is 88.9 Å². The van der Waals surface area contributed by atoms with E-state index in [0.29, 0.717) is 47.9 Å². The van der Waals surface area contributed by atoms with Gasteiger partial charge in [0.1, 0.15) is 4.90 Å². The van der Waals surface area contributed by atoms with Crippen molar-refractivity contribution >= 4 is 44.8 Å². The second-order valence-corrected chi connectivity index (χ2v) is 11.2. The molecule has 4 N–H and O–H groups in total. The van der Waals surface area contributed by atoms with Gasteiger partial charge < -0.3 is 16.0 Å². The van der Waals surface area contributed by atoms with Crippen molar-refractivity contribution in [1.82, 2.24) is 4.72 Å². The van der Waals surface area contributed by atoms with Crippen LogP contribution in [0.4, 0.5) is 11.4 Å². The minimum atomic E-state index is -4.00. The highest BCUT2D eigenvalue weighted by Gasteiger charge is 2.29. The molecular formula is C27H29ClN4O4S. The molecule has 0 spiro atoms. The van der Waals surface area contributed by atoms with Crippen LogP contribution in [-0.2, 0) is 14.8 Å². The van der Waals surface area contributed by atoms with Gasteiger partial charge in [0.15, 0.2) is 0 Å². The summed E-state index contributed by atoms with van der Waals surface area (Å²) in [6, 6.07) is 20.1. The molecule has 1 aliphatic heterocycles. The first-order valence-electron chi connectivity index (χ1n) is 12.0. The second-order valence-electron chi connectivity index (χ2n) is 9.06. The Labute approximate surface area is 221 Å². The van der Waals surface area contributed by atoms with Crippen LogP contribution in [-0.4, -0.2) is 33.3 Å². The first kappa shape index (κ1) is 26.7. The Bertz CT molecular complexity index is 1390. The molecule has 1 fully saturated rings. The molecule has 0 bridgehead atoms. The number of hydrogen-bond donors (Lipinski definition) is 3. The summed E-state index contributed by atoms with van der Waals surface area (Å²) in [5, 5.41) is 3.19. The number of nitrogens with one attached hydrogen (secondary N) is 2. The van der Waals surface area contributed by atoms with Crippen LogP contribution >= 0.6 is 11.6 Å². The van der Waals surface area contributed by atoms with Crippen molar-refractivity contribution in [3.8, 4) is 0 Å². The molecule has 4 rings (SSSR count). The van der Waals surface area contributed by atoms with Gasteiger partial charge >= 0.3 is 0 Å². The lowest BCUT2D eigenvalue weighted by atomic mass is 9.96. The molecule has 0 aromatic heterocycles. The average molecular weight is 541 g/mol. The van der Waals surface area contributed by atoms with Crippen LogP contribution in [0.15, 0.2) is 77.7 Å². The molecule has 0 radical (unpaired) electrons. The number of sulfonamides is 1. The number of halogens is 1. The maximum atomic E-state index is 13.7. The van der Waals surface area contributed by atoms with Gasteiger partial charge in [-0.25, -0.2) is 13.1 Å². The summed E-state index contributed by atoms with van der Waals surface area (Å²) in [7, 11) is -4.00. The Morgan fingerprint density at radius 2 is 1.70 bits per heavy atom. The summed E-state index contributed by atoms with van der Waals surface area (Å²) in [6.07, 6.45) is 1.08. The molecule has 8 nitrogen and oxygen atoms in total. The Hall–Kier alpha value is -3.40. The lowest BCUT2D eigenvalue weighted by Gasteiger charge is -2.33. The topological polar surface area (TPSA) is 122 Å².